The van der Waals surface area contributed by atoms with Crippen LogP contribution in [-0.2, 0) is 6.42 Å². The van der Waals surface area contributed by atoms with Crippen molar-refractivity contribution in [3.63, 3.8) is 0 Å². The average Bonchev–Trinajstić information content (AvgIpc) is 3.02. The molecule has 16 heteroatoms. The predicted molar refractivity (Wildman–Crippen MR) is 135 cm³/mol. The minimum absolute atomic E-state index is 0.0220. The van der Waals surface area contributed by atoms with Gasteiger partial charge in [-0.2, -0.15) is 8.78 Å². The molecule has 0 N–H and O–H groups in total. The maximum atomic E-state index is 15.5. The fourth-order valence-corrected chi connectivity index (χ4v) is 5.07. The molecule has 0 saturated heterocycles. The second-order valence-corrected chi connectivity index (χ2v) is 10.4. The molecule has 4 aromatic rings. The lowest BCUT2D eigenvalue weighted by Crippen LogP contribution is -2.38. The molecule has 4 rings (SSSR count). The molecule has 246 valence electrons. The number of benzene rings is 4. The summed E-state index contributed by atoms with van der Waals surface area (Å²) in [6.45, 7) is 1.56. The first-order valence-corrected chi connectivity index (χ1v) is 12.9. The fraction of sp³-hybridized carbons (Fsp3) is 0.200. The van der Waals surface area contributed by atoms with Gasteiger partial charge in [-0.25, -0.2) is 57.1 Å². The SMILES string of the molecule is CCCCc1ccc([N+](C)(C)c2c(F)c(F)c(F)c(F)c2F)c(-c2c(F)c(F)c(F)c(F)c2F)c1-c1c(F)c(F)c(F)c(F)c1F. The van der Waals surface area contributed by atoms with Crippen LogP contribution < -0.4 is 4.48 Å². The van der Waals surface area contributed by atoms with Crippen LogP contribution in [0, 0.1) is 87.3 Å². The lowest BCUT2D eigenvalue weighted by Gasteiger charge is -2.33. The van der Waals surface area contributed by atoms with Crippen LogP contribution in [0.1, 0.15) is 25.3 Å². The molecule has 0 amide bonds. The summed E-state index contributed by atoms with van der Waals surface area (Å²) in [4.78, 5) is 0. The molecule has 0 heterocycles. The highest BCUT2D eigenvalue weighted by atomic mass is 19.2. The molecule has 1 nitrogen and oxygen atoms in total. The Morgan fingerprint density at radius 3 is 1.11 bits per heavy atom. The van der Waals surface area contributed by atoms with Gasteiger partial charge in [0.2, 0.25) is 46.4 Å². The lowest BCUT2D eigenvalue weighted by atomic mass is 9.85. The number of rotatable bonds is 7. The van der Waals surface area contributed by atoms with Crippen LogP contribution in [0.3, 0.4) is 0 Å². The van der Waals surface area contributed by atoms with Crippen LogP contribution in [0.25, 0.3) is 22.3 Å². The van der Waals surface area contributed by atoms with E-state index in [1.165, 1.54) is 0 Å². The Hall–Kier alpha value is -4.21. The van der Waals surface area contributed by atoms with Gasteiger partial charge < -0.3 is 0 Å². The molecule has 0 radical (unpaired) electrons. The Bertz CT molecular complexity index is 1830. The minimum atomic E-state index is -2.75. The molecule has 0 aliphatic carbocycles. The van der Waals surface area contributed by atoms with Crippen molar-refractivity contribution in [3.8, 4) is 22.3 Å². The molecular weight excluding hydrogens is 659 g/mol. The summed E-state index contributed by atoms with van der Waals surface area (Å²) >= 11 is 0. The molecule has 0 bridgehead atoms. The van der Waals surface area contributed by atoms with Gasteiger partial charge in [0.1, 0.15) is 5.69 Å². The first-order valence-electron chi connectivity index (χ1n) is 12.9. The standard InChI is InChI=1S/C30H17F15N/c1-4-5-6-9-7-8-10(46(2,3)30-28(44)26(42)25(41)27(43)29(30)45)12(14-17(33)21(37)24(40)22(38)18(14)34)11(9)13-15(31)19(35)23(39)20(36)16(13)32/h7-8H,4-6H2,1-3H3/q+1. The summed E-state index contributed by atoms with van der Waals surface area (Å²) in [5, 5.41) is 0. The van der Waals surface area contributed by atoms with Crippen molar-refractivity contribution in [2.45, 2.75) is 26.2 Å². The zero-order chi connectivity index (χ0) is 34.7. The minimum Gasteiger partial charge on any atom is -0.258 e. The molecule has 0 aliphatic rings. The average molecular weight is 676 g/mol. The van der Waals surface area contributed by atoms with Crippen molar-refractivity contribution in [3.05, 3.63) is 105 Å². The van der Waals surface area contributed by atoms with E-state index in [-0.39, 0.29) is 12.8 Å². The normalized spacial score (nSPS) is 12.0. The van der Waals surface area contributed by atoms with Gasteiger partial charge >= 0.3 is 0 Å². The van der Waals surface area contributed by atoms with E-state index < -0.39 is 137 Å². The molecule has 4 aromatic carbocycles. The van der Waals surface area contributed by atoms with E-state index in [0.717, 1.165) is 6.07 Å². The number of aryl methyl sites for hydroxylation is 1. The number of hydrogen-bond acceptors (Lipinski definition) is 0. The zero-order valence-electron chi connectivity index (χ0n) is 23.4. The fourth-order valence-electron chi connectivity index (χ4n) is 5.07. The molecule has 0 saturated carbocycles. The molecule has 0 aromatic heterocycles. The van der Waals surface area contributed by atoms with Crippen molar-refractivity contribution >= 4 is 11.4 Å². The van der Waals surface area contributed by atoms with Crippen LogP contribution in [0.15, 0.2) is 12.1 Å². The molecule has 0 unspecified atom stereocenters. The quantitative estimate of drug-likeness (QED) is 0.0791. The van der Waals surface area contributed by atoms with Crippen molar-refractivity contribution in [2.75, 3.05) is 14.1 Å². The molecule has 46 heavy (non-hydrogen) atoms. The summed E-state index contributed by atoms with van der Waals surface area (Å²) in [5.74, 6) is -39.5. The van der Waals surface area contributed by atoms with Gasteiger partial charge in [0, 0.05) is 11.6 Å². The van der Waals surface area contributed by atoms with Gasteiger partial charge in [-0.15, -0.1) is 0 Å². The van der Waals surface area contributed by atoms with Crippen LogP contribution in [0.4, 0.5) is 77.2 Å². The van der Waals surface area contributed by atoms with Gasteiger partial charge in [0.25, 0.3) is 0 Å². The number of halogens is 15. The lowest BCUT2D eigenvalue weighted by molar-refractivity contribution is 0.359. The van der Waals surface area contributed by atoms with Crippen molar-refractivity contribution in [1.29, 1.82) is 0 Å². The van der Waals surface area contributed by atoms with Crippen LogP contribution >= 0.6 is 0 Å². The Labute approximate surface area is 249 Å². The van der Waals surface area contributed by atoms with Gasteiger partial charge in [-0.05, 0) is 18.4 Å². The van der Waals surface area contributed by atoms with Gasteiger partial charge in [0.15, 0.2) is 46.5 Å². The molecule has 0 spiro atoms. The van der Waals surface area contributed by atoms with E-state index in [0.29, 0.717) is 20.2 Å². The number of nitrogens with zero attached hydrogens (tertiary/aromatic N) is 1. The van der Waals surface area contributed by atoms with Gasteiger partial charge in [-0.3, -0.25) is 4.48 Å². The van der Waals surface area contributed by atoms with E-state index in [2.05, 4.69) is 0 Å². The number of hydrogen-bond donors (Lipinski definition) is 0. The highest BCUT2D eigenvalue weighted by Gasteiger charge is 2.43. The second kappa shape index (κ2) is 12.2. The zero-order valence-corrected chi connectivity index (χ0v) is 23.4. The van der Waals surface area contributed by atoms with Crippen LogP contribution in [-0.4, -0.2) is 14.1 Å². The van der Waals surface area contributed by atoms with Crippen LogP contribution in [0.2, 0.25) is 0 Å². The molecule has 0 atom stereocenters. The van der Waals surface area contributed by atoms with E-state index in [1.54, 1.807) is 6.92 Å². The van der Waals surface area contributed by atoms with E-state index in [9.17, 15) is 39.5 Å². The van der Waals surface area contributed by atoms with Crippen molar-refractivity contribution in [1.82, 2.24) is 4.48 Å². The predicted octanol–water partition coefficient (Wildman–Crippen LogP) is 10.3. The topological polar surface area (TPSA) is 0 Å². The Morgan fingerprint density at radius 2 is 0.739 bits per heavy atom. The third-order valence-corrected chi connectivity index (χ3v) is 7.34. The highest BCUT2D eigenvalue weighted by molar-refractivity contribution is 5.95. The van der Waals surface area contributed by atoms with Crippen molar-refractivity contribution in [2.24, 2.45) is 0 Å². The second-order valence-electron chi connectivity index (χ2n) is 10.4. The number of quaternary nitrogens is 1. The summed E-state index contributed by atoms with van der Waals surface area (Å²) < 4.78 is 219. The largest absolute Gasteiger partial charge is 0.258 e. The third kappa shape index (κ3) is 5.06. The summed E-state index contributed by atoms with van der Waals surface area (Å²) in [7, 11) is 1.19. The molecular formula is C30H17F15N+. The number of unbranched alkanes of at least 4 members (excludes halogenated alkanes) is 1. The van der Waals surface area contributed by atoms with Gasteiger partial charge in [-0.1, -0.05) is 19.4 Å². The van der Waals surface area contributed by atoms with E-state index in [1.807, 2.05) is 0 Å². The van der Waals surface area contributed by atoms with E-state index in [4.69, 9.17) is 0 Å². The smallest absolute Gasteiger partial charge is 0.226 e. The Morgan fingerprint density at radius 1 is 0.413 bits per heavy atom. The van der Waals surface area contributed by atoms with Crippen molar-refractivity contribution < 1.29 is 65.9 Å². The summed E-state index contributed by atoms with van der Waals surface area (Å²) in [5.41, 5.74) is -10.4. The monoisotopic (exact) mass is 676 g/mol. The maximum absolute atomic E-state index is 15.5. The summed E-state index contributed by atoms with van der Waals surface area (Å²) in [6.07, 6.45) is -0.138. The highest BCUT2D eigenvalue weighted by Crippen LogP contribution is 2.51. The molecule has 0 fully saturated rings. The first-order chi connectivity index (χ1) is 21.3. The molecule has 0 aliphatic heterocycles. The van der Waals surface area contributed by atoms with Crippen LogP contribution in [0.5, 0.6) is 0 Å². The first kappa shape index (κ1) is 34.7. The third-order valence-electron chi connectivity index (χ3n) is 7.34. The summed E-state index contributed by atoms with van der Waals surface area (Å²) in [6, 6.07) is 1.45. The maximum Gasteiger partial charge on any atom is 0.226 e. The van der Waals surface area contributed by atoms with Gasteiger partial charge in [0.05, 0.1) is 30.8 Å². The Kier molecular flexibility index (Phi) is 9.18. The van der Waals surface area contributed by atoms with E-state index >= 15 is 26.3 Å². The Balaban J connectivity index is 2.39.